The first-order valence-electron chi connectivity index (χ1n) is 4.00. The molecule has 1 amide bonds. The topological polar surface area (TPSA) is 80.2 Å². The van der Waals surface area contributed by atoms with E-state index in [1.165, 1.54) is 18.0 Å². The normalized spacial score (nSPS) is 25.9. The van der Waals surface area contributed by atoms with Gasteiger partial charge in [0, 0.05) is 0 Å². The average molecular weight is 208 g/mol. The lowest BCUT2D eigenvalue weighted by atomic mass is 10.0. The minimum atomic E-state index is -0.269. The van der Waals surface area contributed by atoms with Crippen LogP contribution in [0, 0.1) is 5.92 Å². The monoisotopic (exact) mass is 208 g/mol. The molecule has 2 heterocycles. The van der Waals surface area contributed by atoms with E-state index in [4.69, 9.17) is 5.84 Å². The molecular weight excluding hydrogens is 200 g/mol. The number of carbonyl (C=O) groups is 1. The van der Waals surface area contributed by atoms with Crippen molar-refractivity contribution < 1.29 is 4.79 Å². The molecule has 0 saturated carbocycles. The second-order valence-corrected chi connectivity index (χ2v) is 3.84. The molecule has 72 valence electrons. The van der Waals surface area contributed by atoms with Gasteiger partial charge in [0.2, 0.25) is 0 Å². The van der Waals surface area contributed by atoms with Crippen LogP contribution in [0.2, 0.25) is 0 Å². The van der Waals surface area contributed by atoms with E-state index >= 15 is 0 Å². The summed E-state index contributed by atoms with van der Waals surface area (Å²) in [7, 11) is 0. The highest BCUT2D eigenvalue weighted by molar-refractivity contribution is 8.17. The van der Waals surface area contributed by atoms with Gasteiger partial charge in [0.1, 0.15) is 5.92 Å². The summed E-state index contributed by atoms with van der Waals surface area (Å²) in [6.45, 7) is 1.90. The highest BCUT2D eigenvalue weighted by Crippen LogP contribution is 2.33. The summed E-state index contributed by atoms with van der Waals surface area (Å²) in [5, 5.41) is 5.96. The zero-order valence-corrected chi connectivity index (χ0v) is 8.28. The standard InChI is InChI=1S/C8H8N4OS/c1-4-3-14-8-6(4)7(13)11-5(12-8)2-10-9/h2-3,6H,9H2,1H3/b10-2+. The van der Waals surface area contributed by atoms with E-state index in [0.717, 1.165) is 10.6 Å². The second-order valence-electron chi connectivity index (χ2n) is 2.95. The molecule has 0 bridgehead atoms. The first kappa shape index (κ1) is 9.14. The van der Waals surface area contributed by atoms with Gasteiger partial charge in [-0.25, -0.2) is 4.99 Å². The van der Waals surface area contributed by atoms with E-state index in [1.54, 1.807) is 0 Å². The SMILES string of the molecule is CC1=CSC2=NC(/C=N/N)=NC(=O)C12. The summed E-state index contributed by atoms with van der Waals surface area (Å²) < 4.78 is 0. The number of hydrogen-bond donors (Lipinski definition) is 1. The molecule has 5 nitrogen and oxygen atoms in total. The van der Waals surface area contributed by atoms with Gasteiger partial charge in [-0.1, -0.05) is 11.8 Å². The fourth-order valence-corrected chi connectivity index (χ4v) is 2.33. The van der Waals surface area contributed by atoms with E-state index in [1.807, 2.05) is 12.3 Å². The van der Waals surface area contributed by atoms with Gasteiger partial charge < -0.3 is 5.84 Å². The zero-order chi connectivity index (χ0) is 10.1. The van der Waals surface area contributed by atoms with Gasteiger partial charge in [0.05, 0.1) is 11.3 Å². The maximum Gasteiger partial charge on any atom is 0.261 e. The number of carbonyl (C=O) groups excluding carboxylic acids is 1. The summed E-state index contributed by atoms with van der Waals surface area (Å²) in [5.74, 6) is 4.78. The highest BCUT2D eigenvalue weighted by atomic mass is 32.2. The molecule has 14 heavy (non-hydrogen) atoms. The molecular formula is C8H8N4OS. The van der Waals surface area contributed by atoms with Crippen LogP contribution < -0.4 is 5.84 Å². The number of hydrogen-bond acceptors (Lipinski definition) is 5. The van der Waals surface area contributed by atoms with Crippen LogP contribution >= 0.6 is 11.8 Å². The number of fused-ring (bicyclic) bond motifs is 1. The van der Waals surface area contributed by atoms with E-state index in [-0.39, 0.29) is 17.7 Å². The Hall–Kier alpha value is -1.43. The minimum absolute atomic E-state index is 0.191. The van der Waals surface area contributed by atoms with Crippen molar-refractivity contribution >= 4 is 34.8 Å². The molecule has 0 fully saturated rings. The van der Waals surface area contributed by atoms with Crippen LogP contribution in [0.25, 0.3) is 0 Å². The number of amidine groups is 1. The Morgan fingerprint density at radius 2 is 2.43 bits per heavy atom. The largest absolute Gasteiger partial charge is 0.323 e. The van der Waals surface area contributed by atoms with Crippen molar-refractivity contribution in [3.63, 3.8) is 0 Å². The number of amides is 1. The highest BCUT2D eigenvalue weighted by Gasteiger charge is 2.33. The number of aliphatic imine (C=N–C) groups is 2. The van der Waals surface area contributed by atoms with Crippen molar-refractivity contribution in [2.45, 2.75) is 6.92 Å². The Labute approximate surface area is 84.9 Å². The van der Waals surface area contributed by atoms with E-state index in [9.17, 15) is 4.79 Å². The molecule has 0 spiro atoms. The molecule has 0 aromatic carbocycles. The predicted octanol–water partition coefficient (Wildman–Crippen LogP) is 0.535. The van der Waals surface area contributed by atoms with Crippen LogP contribution in [0.3, 0.4) is 0 Å². The molecule has 1 unspecified atom stereocenters. The van der Waals surface area contributed by atoms with E-state index in [0.29, 0.717) is 0 Å². The van der Waals surface area contributed by atoms with Gasteiger partial charge in [-0.2, -0.15) is 10.1 Å². The van der Waals surface area contributed by atoms with Crippen molar-refractivity contribution in [3.8, 4) is 0 Å². The molecule has 2 N–H and O–H groups in total. The number of hydrazone groups is 1. The lowest BCUT2D eigenvalue weighted by molar-refractivity contribution is -0.118. The van der Waals surface area contributed by atoms with Gasteiger partial charge in [-0.3, -0.25) is 4.79 Å². The van der Waals surface area contributed by atoms with Gasteiger partial charge in [0.15, 0.2) is 5.84 Å². The third kappa shape index (κ3) is 1.37. The maximum atomic E-state index is 11.5. The van der Waals surface area contributed by atoms with Crippen LogP contribution in [0.5, 0.6) is 0 Å². The Morgan fingerprint density at radius 1 is 1.64 bits per heavy atom. The number of thioether (sulfide) groups is 1. The van der Waals surface area contributed by atoms with Gasteiger partial charge >= 0.3 is 0 Å². The summed E-state index contributed by atoms with van der Waals surface area (Å²) >= 11 is 1.45. The summed E-state index contributed by atoms with van der Waals surface area (Å²) in [5.41, 5.74) is 0.992. The molecule has 0 saturated heterocycles. The first-order valence-corrected chi connectivity index (χ1v) is 4.88. The Bertz CT molecular complexity index is 408. The third-order valence-electron chi connectivity index (χ3n) is 1.95. The van der Waals surface area contributed by atoms with Crippen LogP contribution in [0.1, 0.15) is 6.92 Å². The smallest absolute Gasteiger partial charge is 0.261 e. The summed E-state index contributed by atoms with van der Waals surface area (Å²) in [6, 6.07) is 0. The molecule has 0 aromatic heterocycles. The van der Waals surface area contributed by atoms with E-state index < -0.39 is 0 Å². The molecule has 0 radical (unpaired) electrons. The van der Waals surface area contributed by atoms with Crippen molar-refractivity contribution in [2.75, 3.05) is 0 Å². The quantitative estimate of drug-likeness (QED) is 0.388. The Kier molecular flexibility index (Phi) is 2.20. The fraction of sp³-hybridized carbons (Fsp3) is 0.250. The van der Waals surface area contributed by atoms with Crippen molar-refractivity contribution in [1.29, 1.82) is 0 Å². The van der Waals surface area contributed by atoms with Gasteiger partial charge in [0.25, 0.3) is 5.91 Å². The lowest BCUT2D eigenvalue weighted by Crippen LogP contribution is -2.25. The van der Waals surface area contributed by atoms with Crippen LogP contribution in [0.4, 0.5) is 0 Å². The lowest BCUT2D eigenvalue weighted by Gasteiger charge is -2.12. The molecule has 2 rings (SSSR count). The zero-order valence-electron chi connectivity index (χ0n) is 7.47. The minimum Gasteiger partial charge on any atom is -0.323 e. The molecule has 6 heteroatoms. The Morgan fingerprint density at radius 3 is 3.14 bits per heavy atom. The van der Waals surface area contributed by atoms with Crippen LogP contribution in [-0.4, -0.2) is 23.0 Å². The molecule has 1 atom stereocenters. The van der Waals surface area contributed by atoms with E-state index in [2.05, 4.69) is 15.1 Å². The second kappa shape index (κ2) is 3.38. The predicted molar refractivity (Wildman–Crippen MR) is 57.4 cm³/mol. The first-order chi connectivity index (χ1) is 6.72. The molecule has 2 aliphatic heterocycles. The van der Waals surface area contributed by atoms with Crippen molar-refractivity contribution in [1.82, 2.24) is 0 Å². The Balaban J connectivity index is 2.35. The van der Waals surface area contributed by atoms with Crippen molar-refractivity contribution in [2.24, 2.45) is 26.8 Å². The van der Waals surface area contributed by atoms with Gasteiger partial charge in [-0.05, 0) is 17.9 Å². The third-order valence-corrected chi connectivity index (χ3v) is 3.01. The fourth-order valence-electron chi connectivity index (χ4n) is 1.32. The number of nitrogens with two attached hydrogens (primary N) is 1. The maximum absolute atomic E-state index is 11.5. The number of nitrogens with zero attached hydrogens (tertiary/aromatic N) is 3. The van der Waals surface area contributed by atoms with Crippen LogP contribution in [0.15, 0.2) is 26.1 Å². The summed E-state index contributed by atoms with van der Waals surface area (Å²) in [4.78, 5) is 19.5. The number of rotatable bonds is 1. The molecule has 2 aliphatic rings. The average Bonchev–Trinajstić information content (AvgIpc) is 2.48. The molecule has 0 aliphatic carbocycles. The molecule has 0 aromatic rings. The van der Waals surface area contributed by atoms with Gasteiger partial charge in [-0.15, -0.1) is 0 Å². The van der Waals surface area contributed by atoms with Crippen molar-refractivity contribution in [3.05, 3.63) is 11.0 Å². The summed E-state index contributed by atoms with van der Waals surface area (Å²) in [6.07, 6.45) is 1.27. The van der Waals surface area contributed by atoms with Crippen LogP contribution in [-0.2, 0) is 4.79 Å².